The molecule has 0 unspecified atom stereocenters. The second kappa shape index (κ2) is 12.7. The van der Waals surface area contributed by atoms with Gasteiger partial charge < -0.3 is 10.6 Å². The molecule has 0 bridgehead atoms. The van der Waals surface area contributed by atoms with Gasteiger partial charge in [0, 0.05) is 17.7 Å². The fraction of sp³-hybridized carbons (Fsp3) is 0.290. The molecule has 0 aliphatic heterocycles. The summed E-state index contributed by atoms with van der Waals surface area (Å²) in [5.41, 5.74) is 5.89. The van der Waals surface area contributed by atoms with Crippen LogP contribution >= 0.6 is 11.3 Å². The van der Waals surface area contributed by atoms with Gasteiger partial charge in [-0.1, -0.05) is 111 Å². The van der Waals surface area contributed by atoms with Gasteiger partial charge in [-0.3, -0.25) is 10.1 Å². The van der Waals surface area contributed by atoms with Crippen molar-refractivity contribution in [3.63, 3.8) is 0 Å². The summed E-state index contributed by atoms with van der Waals surface area (Å²) in [7, 11) is 0. The summed E-state index contributed by atoms with van der Waals surface area (Å²) < 4.78 is 0. The summed E-state index contributed by atoms with van der Waals surface area (Å²) in [5, 5.41) is 18.3. The Bertz CT molecular complexity index is 1410. The van der Waals surface area contributed by atoms with Crippen LogP contribution in [0.1, 0.15) is 61.8 Å². The minimum absolute atomic E-state index is 0.224. The Labute approximate surface area is 234 Å². The first-order valence-electron chi connectivity index (χ1n) is 13.2. The van der Waals surface area contributed by atoms with Crippen LogP contribution in [0.2, 0.25) is 0 Å². The van der Waals surface area contributed by atoms with Crippen LogP contribution in [0, 0.1) is 6.92 Å². The van der Waals surface area contributed by atoms with Gasteiger partial charge in [0.05, 0.1) is 0 Å². The molecular weight excluding hydrogens is 506 g/mol. The van der Waals surface area contributed by atoms with Gasteiger partial charge in [-0.15, -0.1) is 10.2 Å². The number of nitrogens with one attached hydrogen (secondary N) is 3. The smallest absolute Gasteiger partial charge is 0.319 e. The van der Waals surface area contributed by atoms with E-state index in [4.69, 9.17) is 0 Å². The lowest BCUT2D eigenvalue weighted by molar-refractivity contribution is -0.117. The average molecular weight is 542 g/mol. The molecule has 3 amide bonds. The summed E-state index contributed by atoms with van der Waals surface area (Å²) in [6.45, 7) is 10.4. The Morgan fingerprint density at radius 2 is 1.49 bits per heavy atom. The monoisotopic (exact) mass is 541 g/mol. The number of carbonyl (C=O) groups is 2. The predicted molar refractivity (Wildman–Crippen MR) is 159 cm³/mol. The third kappa shape index (κ3) is 7.29. The number of amides is 3. The number of hydrogen-bond acceptors (Lipinski definition) is 5. The Morgan fingerprint density at radius 3 is 2.13 bits per heavy atom. The maximum atomic E-state index is 13.4. The van der Waals surface area contributed by atoms with Crippen LogP contribution in [0.5, 0.6) is 0 Å². The molecule has 39 heavy (non-hydrogen) atoms. The van der Waals surface area contributed by atoms with Gasteiger partial charge in [-0.25, -0.2) is 4.79 Å². The van der Waals surface area contributed by atoms with Crippen molar-refractivity contribution in [2.75, 3.05) is 10.6 Å². The summed E-state index contributed by atoms with van der Waals surface area (Å²) in [6.07, 6.45) is 0.326. The Morgan fingerprint density at radius 1 is 0.821 bits per heavy atom. The second-order valence-corrected chi connectivity index (χ2v) is 11.2. The highest BCUT2D eigenvalue weighted by Gasteiger charge is 2.24. The average Bonchev–Trinajstić information content (AvgIpc) is 3.37. The van der Waals surface area contributed by atoms with Crippen molar-refractivity contribution in [2.24, 2.45) is 0 Å². The number of urea groups is 1. The summed E-state index contributed by atoms with van der Waals surface area (Å²) in [6, 6.07) is 22.4. The number of carbonyl (C=O) groups excluding carboxylic acids is 2. The van der Waals surface area contributed by atoms with E-state index < -0.39 is 12.1 Å². The zero-order valence-corrected chi connectivity index (χ0v) is 23.8. The SMILES string of the molecule is Cc1cccc(-c2nnc(NC(=O)[C@H](Cc3ccccc3)NC(=O)Nc3c(C(C)C)cccc3C(C)C)s2)c1. The van der Waals surface area contributed by atoms with E-state index in [-0.39, 0.29) is 17.7 Å². The molecule has 0 saturated heterocycles. The van der Waals surface area contributed by atoms with Gasteiger partial charge in [0.1, 0.15) is 11.0 Å². The zero-order chi connectivity index (χ0) is 27.9. The van der Waals surface area contributed by atoms with Gasteiger partial charge in [0.25, 0.3) is 0 Å². The van der Waals surface area contributed by atoms with E-state index in [1.165, 1.54) is 11.3 Å². The van der Waals surface area contributed by atoms with E-state index in [0.29, 0.717) is 16.6 Å². The highest BCUT2D eigenvalue weighted by atomic mass is 32.1. The first kappa shape index (κ1) is 28.0. The minimum Gasteiger partial charge on any atom is -0.326 e. The first-order valence-corrected chi connectivity index (χ1v) is 14.0. The van der Waals surface area contributed by atoms with Gasteiger partial charge in [0.15, 0.2) is 0 Å². The number of anilines is 2. The van der Waals surface area contributed by atoms with Crippen LogP contribution < -0.4 is 16.0 Å². The minimum atomic E-state index is -0.826. The van der Waals surface area contributed by atoms with Crippen molar-refractivity contribution >= 4 is 34.1 Å². The molecule has 0 radical (unpaired) electrons. The maximum absolute atomic E-state index is 13.4. The Balaban J connectivity index is 1.54. The lowest BCUT2D eigenvalue weighted by atomic mass is 9.93. The van der Waals surface area contributed by atoms with E-state index in [2.05, 4.69) is 53.8 Å². The fourth-order valence-electron chi connectivity index (χ4n) is 4.42. The molecule has 1 heterocycles. The molecule has 0 saturated carbocycles. The van der Waals surface area contributed by atoms with E-state index in [0.717, 1.165) is 33.5 Å². The number of hydrogen-bond donors (Lipinski definition) is 3. The van der Waals surface area contributed by atoms with Crippen LogP contribution in [0.3, 0.4) is 0 Å². The maximum Gasteiger partial charge on any atom is 0.319 e. The van der Waals surface area contributed by atoms with Crippen molar-refractivity contribution in [1.29, 1.82) is 0 Å². The molecule has 0 fully saturated rings. The van der Waals surface area contributed by atoms with Crippen molar-refractivity contribution < 1.29 is 9.59 Å². The van der Waals surface area contributed by atoms with Gasteiger partial charge >= 0.3 is 6.03 Å². The van der Waals surface area contributed by atoms with Crippen molar-refractivity contribution in [2.45, 2.75) is 58.9 Å². The number of nitrogens with zero attached hydrogens (tertiary/aromatic N) is 2. The van der Waals surface area contributed by atoms with E-state index >= 15 is 0 Å². The molecule has 0 aliphatic rings. The molecule has 4 rings (SSSR count). The lowest BCUT2D eigenvalue weighted by Crippen LogP contribution is -2.47. The number of aromatic nitrogens is 2. The third-order valence-electron chi connectivity index (χ3n) is 6.44. The molecule has 1 aromatic heterocycles. The van der Waals surface area contributed by atoms with Crippen molar-refractivity contribution in [3.05, 3.63) is 95.1 Å². The van der Waals surface area contributed by atoms with E-state index in [1.54, 1.807) is 0 Å². The molecule has 8 heteroatoms. The van der Waals surface area contributed by atoms with Crippen LogP contribution in [0.4, 0.5) is 15.6 Å². The molecule has 1 atom stereocenters. The summed E-state index contributed by atoms with van der Waals surface area (Å²) >= 11 is 1.30. The van der Waals surface area contributed by atoms with E-state index in [9.17, 15) is 9.59 Å². The van der Waals surface area contributed by atoms with Crippen molar-refractivity contribution in [1.82, 2.24) is 15.5 Å². The summed E-state index contributed by atoms with van der Waals surface area (Å²) in [4.78, 5) is 26.8. The van der Waals surface area contributed by atoms with Gasteiger partial charge in [0.2, 0.25) is 11.0 Å². The Kier molecular flexibility index (Phi) is 9.09. The molecule has 7 nitrogen and oxygen atoms in total. The standard InChI is InChI=1S/C31H35N5O2S/c1-19(2)24-15-10-16-25(20(3)4)27(24)33-30(38)32-26(18-22-12-7-6-8-13-22)28(37)34-31-36-35-29(39-31)23-14-9-11-21(5)17-23/h6-17,19-20,26H,18H2,1-5H3,(H2,32,33,38)(H,34,36,37)/t26-/m0/s1. The van der Waals surface area contributed by atoms with Crippen molar-refractivity contribution in [3.8, 4) is 10.6 Å². The molecule has 0 aliphatic carbocycles. The highest BCUT2D eigenvalue weighted by molar-refractivity contribution is 7.18. The quantitative estimate of drug-likeness (QED) is 0.210. The largest absolute Gasteiger partial charge is 0.326 e. The van der Waals surface area contributed by atoms with Gasteiger partial charge in [-0.05, 0) is 41.5 Å². The molecule has 0 spiro atoms. The molecule has 3 aromatic carbocycles. The molecule has 3 N–H and O–H groups in total. The fourth-order valence-corrected chi connectivity index (χ4v) is 5.17. The topological polar surface area (TPSA) is 96.0 Å². The number of para-hydroxylation sites is 1. The van der Waals surface area contributed by atoms with Crippen LogP contribution in [0.25, 0.3) is 10.6 Å². The zero-order valence-electron chi connectivity index (χ0n) is 23.0. The Hall–Kier alpha value is -4.04. The van der Waals surface area contributed by atoms with Gasteiger partial charge in [-0.2, -0.15) is 0 Å². The molecular formula is C31H35N5O2S. The predicted octanol–water partition coefficient (Wildman–Crippen LogP) is 7.13. The number of benzene rings is 3. The summed E-state index contributed by atoms with van der Waals surface area (Å²) in [5.74, 6) is 0.0898. The number of rotatable bonds is 9. The van der Waals surface area contributed by atoms with Crippen LogP contribution in [-0.2, 0) is 11.2 Å². The van der Waals surface area contributed by atoms with Crippen LogP contribution in [-0.4, -0.2) is 28.2 Å². The lowest BCUT2D eigenvalue weighted by Gasteiger charge is -2.22. The van der Waals surface area contributed by atoms with Crippen LogP contribution in [0.15, 0.2) is 72.8 Å². The number of aryl methyl sites for hydroxylation is 1. The molecule has 202 valence electrons. The molecule has 4 aromatic rings. The first-order chi connectivity index (χ1) is 18.7. The third-order valence-corrected chi connectivity index (χ3v) is 7.32. The second-order valence-electron chi connectivity index (χ2n) is 10.2. The van der Waals surface area contributed by atoms with E-state index in [1.807, 2.05) is 79.7 Å². The highest BCUT2D eigenvalue weighted by Crippen LogP contribution is 2.32. The normalized spacial score (nSPS) is 11.9.